The number of hydrogen-bond donors (Lipinski definition) is 1. The zero-order valence-electron chi connectivity index (χ0n) is 13.8. The number of nitrogens with one attached hydrogen (secondary N) is 1. The van der Waals surface area contributed by atoms with E-state index < -0.39 is 11.2 Å². The lowest BCUT2D eigenvalue weighted by atomic mass is 10.1. The summed E-state index contributed by atoms with van der Waals surface area (Å²) in [6.07, 6.45) is 0. The second-order valence-electron chi connectivity index (χ2n) is 5.95. The molecule has 2 aromatic heterocycles. The van der Waals surface area contributed by atoms with Crippen LogP contribution < -0.4 is 16.6 Å². The number of nitrogens with zero attached hydrogens (tertiary/aromatic N) is 4. The van der Waals surface area contributed by atoms with Crippen LogP contribution in [0.25, 0.3) is 11.2 Å². The fourth-order valence-electron chi connectivity index (χ4n) is 2.17. The molecule has 0 saturated heterocycles. The van der Waals surface area contributed by atoms with E-state index in [1.807, 2.05) is 20.8 Å². The highest BCUT2D eigenvalue weighted by molar-refractivity contribution is 6.29. The van der Waals surface area contributed by atoms with Gasteiger partial charge in [-0.2, -0.15) is 4.98 Å². The molecular formula is C14H20ClN5O3. The first-order chi connectivity index (χ1) is 10.6. The molecule has 23 heavy (non-hydrogen) atoms. The molecule has 0 bridgehead atoms. The Bertz CT molecular complexity index is 877. The van der Waals surface area contributed by atoms with E-state index in [2.05, 4.69) is 10.3 Å². The smallest absolute Gasteiger partial charge is 0.332 e. The zero-order chi connectivity index (χ0) is 17.5. The summed E-state index contributed by atoms with van der Waals surface area (Å²) in [4.78, 5) is 40.5. The minimum Gasteiger partial charge on any atom is -0.352 e. The van der Waals surface area contributed by atoms with Gasteiger partial charge in [-0.25, -0.2) is 4.79 Å². The standard InChI is InChI=1S/C14H20ClN5O3/c1-7(2)8(3)16-9(21)6-20-10-11(17-13(20)15)18(4)14(23)19(5)12(10)22/h7-8H,6H2,1-5H3,(H,16,21)/t8-/m0/s1. The van der Waals surface area contributed by atoms with Crippen molar-refractivity contribution in [3.05, 3.63) is 26.1 Å². The lowest BCUT2D eigenvalue weighted by molar-refractivity contribution is -0.122. The first-order valence-electron chi connectivity index (χ1n) is 7.26. The second-order valence-corrected chi connectivity index (χ2v) is 6.28. The maximum absolute atomic E-state index is 12.3. The van der Waals surface area contributed by atoms with Gasteiger partial charge in [-0.15, -0.1) is 0 Å². The number of carbonyl (C=O) groups excluding carboxylic acids is 1. The number of aromatic nitrogens is 4. The fraction of sp³-hybridized carbons (Fsp3) is 0.571. The van der Waals surface area contributed by atoms with Gasteiger partial charge in [-0.05, 0) is 24.4 Å². The summed E-state index contributed by atoms with van der Waals surface area (Å²) in [7, 11) is 2.87. The van der Waals surface area contributed by atoms with Crippen molar-refractivity contribution in [1.29, 1.82) is 0 Å². The summed E-state index contributed by atoms with van der Waals surface area (Å²) in [5.41, 5.74) is -0.742. The summed E-state index contributed by atoms with van der Waals surface area (Å²) in [5.74, 6) is 0.00551. The highest BCUT2D eigenvalue weighted by Gasteiger charge is 2.20. The number of aryl methyl sites for hydroxylation is 1. The Labute approximate surface area is 137 Å². The number of rotatable bonds is 4. The molecule has 1 N–H and O–H groups in total. The van der Waals surface area contributed by atoms with Gasteiger partial charge in [0.05, 0.1) is 0 Å². The number of fused-ring (bicyclic) bond motifs is 1. The normalized spacial score (nSPS) is 12.8. The molecule has 2 rings (SSSR count). The van der Waals surface area contributed by atoms with Crippen LogP contribution in [0.5, 0.6) is 0 Å². The molecular weight excluding hydrogens is 322 g/mol. The Hall–Kier alpha value is -2.09. The van der Waals surface area contributed by atoms with Gasteiger partial charge in [0.15, 0.2) is 11.2 Å². The molecule has 126 valence electrons. The summed E-state index contributed by atoms with van der Waals surface area (Å²) in [6.45, 7) is 5.75. The van der Waals surface area contributed by atoms with E-state index in [0.717, 1.165) is 4.57 Å². The predicted octanol–water partition coefficient (Wildman–Crippen LogP) is 0.248. The van der Waals surface area contributed by atoms with Crippen molar-refractivity contribution >= 4 is 28.7 Å². The zero-order valence-corrected chi connectivity index (χ0v) is 14.5. The molecule has 0 unspecified atom stereocenters. The first kappa shape index (κ1) is 17.3. The fourth-order valence-corrected chi connectivity index (χ4v) is 2.40. The third-order valence-electron chi connectivity index (χ3n) is 3.99. The topological polar surface area (TPSA) is 90.9 Å². The monoisotopic (exact) mass is 341 g/mol. The third-order valence-corrected chi connectivity index (χ3v) is 4.28. The second kappa shape index (κ2) is 6.19. The lowest BCUT2D eigenvalue weighted by Crippen LogP contribution is -2.40. The van der Waals surface area contributed by atoms with Gasteiger partial charge in [0.25, 0.3) is 5.56 Å². The summed E-state index contributed by atoms with van der Waals surface area (Å²) in [6, 6.07) is -0.0109. The van der Waals surface area contributed by atoms with Crippen molar-refractivity contribution < 1.29 is 4.79 Å². The summed E-state index contributed by atoms with van der Waals surface area (Å²) in [5, 5.41) is 2.84. The predicted molar refractivity (Wildman–Crippen MR) is 87.7 cm³/mol. The molecule has 2 aromatic rings. The highest BCUT2D eigenvalue weighted by atomic mass is 35.5. The van der Waals surface area contributed by atoms with Gasteiger partial charge in [0.2, 0.25) is 11.2 Å². The van der Waals surface area contributed by atoms with Crippen molar-refractivity contribution in [2.24, 2.45) is 20.0 Å². The first-order valence-corrected chi connectivity index (χ1v) is 7.64. The van der Waals surface area contributed by atoms with E-state index in [9.17, 15) is 14.4 Å². The Morgan fingerprint density at radius 3 is 2.39 bits per heavy atom. The van der Waals surface area contributed by atoms with Crippen LogP contribution in [0.1, 0.15) is 20.8 Å². The Morgan fingerprint density at radius 2 is 1.83 bits per heavy atom. The van der Waals surface area contributed by atoms with Crippen LogP contribution in [-0.4, -0.2) is 30.6 Å². The highest BCUT2D eigenvalue weighted by Crippen LogP contribution is 2.15. The molecule has 1 atom stereocenters. The molecule has 0 saturated carbocycles. The quantitative estimate of drug-likeness (QED) is 0.807. The molecule has 0 aliphatic rings. The van der Waals surface area contributed by atoms with Crippen LogP contribution in [0.2, 0.25) is 5.28 Å². The summed E-state index contributed by atoms with van der Waals surface area (Å²) >= 11 is 6.07. The molecule has 0 aliphatic carbocycles. The lowest BCUT2D eigenvalue weighted by Gasteiger charge is -2.17. The van der Waals surface area contributed by atoms with Gasteiger partial charge in [0, 0.05) is 20.1 Å². The van der Waals surface area contributed by atoms with Crippen molar-refractivity contribution in [2.75, 3.05) is 0 Å². The average molecular weight is 342 g/mol. The van der Waals surface area contributed by atoms with Gasteiger partial charge in [-0.3, -0.25) is 23.3 Å². The van der Waals surface area contributed by atoms with E-state index in [-0.39, 0.29) is 40.9 Å². The van der Waals surface area contributed by atoms with Crippen LogP contribution in [-0.2, 0) is 25.4 Å². The molecule has 0 fully saturated rings. The number of imidazole rings is 1. The molecule has 0 aliphatic heterocycles. The number of carbonyl (C=O) groups is 1. The molecule has 2 heterocycles. The van der Waals surface area contributed by atoms with Crippen LogP contribution in [0.3, 0.4) is 0 Å². The van der Waals surface area contributed by atoms with Crippen molar-refractivity contribution in [1.82, 2.24) is 24.0 Å². The molecule has 9 heteroatoms. The van der Waals surface area contributed by atoms with Crippen molar-refractivity contribution in [2.45, 2.75) is 33.4 Å². The Morgan fingerprint density at radius 1 is 1.22 bits per heavy atom. The van der Waals surface area contributed by atoms with E-state index in [1.54, 1.807) is 0 Å². The van der Waals surface area contributed by atoms with E-state index in [0.29, 0.717) is 0 Å². The number of hydrogen-bond acceptors (Lipinski definition) is 4. The van der Waals surface area contributed by atoms with E-state index in [1.165, 1.54) is 23.2 Å². The van der Waals surface area contributed by atoms with Gasteiger partial charge in [0.1, 0.15) is 6.54 Å². The molecule has 8 nitrogen and oxygen atoms in total. The van der Waals surface area contributed by atoms with Crippen LogP contribution in [0.15, 0.2) is 9.59 Å². The number of amides is 1. The third kappa shape index (κ3) is 3.03. The van der Waals surface area contributed by atoms with Crippen LogP contribution >= 0.6 is 11.6 Å². The van der Waals surface area contributed by atoms with Gasteiger partial charge in [-0.1, -0.05) is 13.8 Å². The SMILES string of the molecule is CC(C)[C@H](C)NC(=O)Cn1c(Cl)nc2c1c(=O)n(C)c(=O)n2C. The summed E-state index contributed by atoms with van der Waals surface area (Å²) < 4.78 is 3.51. The molecule has 0 spiro atoms. The maximum atomic E-state index is 12.3. The number of halogens is 1. The van der Waals surface area contributed by atoms with Gasteiger partial charge < -0.3 is 5.32 Å². The van der Waals surface area contributed by atoms with E-state index in [4.69, 9.17) is 11.6 Å². The minimum absolute atomic E-state index is 0.00866. The maximum Gasteiger partial charge on any atom is 0.332 e. The van der Waals surface area contributed by atoms with Gasteiger partial charge >= 0.3 is 5.69 Å². The van der Waals surface area contributed by atoms with Crippen LogP contribution in [0, 0.1) is 5.92 Å². The molecule has 0 aromatic carbocycles. The molecule has 0 radical (unpaired) electrons. The minimum atomic E-state index is -0.535. The van der Waals surface area contributed by atoms with E-state index >= 15 is 0 Å². The van der Waals surface area contributed by atoms with Crippen LogP contribution in [0.4, 0.5) is 0 Å². The average Bonchev–Trinajstić information content (AvgIpc) is 2.80. The van der Waals surface area contributed by atoms with Crippen molar-refractivity contribution in [3.63, 3.8) is 0 Å². The Kier molecular flexibility index (Phi) is 4.65. The molecule has 1 amide bonds. The van der Waals surface area contributed by atoms with Crippen molar-refractivity contribution in [3.8, 4) is 0 Å². The largest absolute Gasteiger partial charge is 0.352 e. The Balaban J connectivity index is 2.50.